The summed E-state index contributed by atoms with van der Waals surface area (Å²) in [5.41, 5.74) is 1.15. The molecule has 0 aliphatic carbocycles. The third-order valence-corrected chi connectivity index (χ3v) is 2.47. The molecule has 0 saturated heterocycles. The van der Waals surface area contributed by atoms with E-state index >= 15 is 0 Å². The van der Waals surface area contributed by atoms with Crippen molar-refractivity contribution >= 4 is 5.82 Å². The van der Waals surface area contributed by atoms with Crippen molar-refractivity contribution < 1.29 is 4.39 Å². The van der Waals surface area contributed by atoms with E-state index in [4.69, 9.17) is 5.26 Å². The van der Waals surface area contributed by atoms with Gasteiger partial charge in [0.1, 0.15) is 29.7 Å². The van der Waals surface area contributed by atoms with Crippen LogP contribution in [-0.4, -0.2) is 17.0 Å². The van der Waals surface area contributed by atoms with Crippen molar-refractivity contribution in [3.8, 4) is 6.07 Å². The highest BCUT2D eigenvalue weighted by Gasteiger charge is 2.05. The lowest BCUT2D eigenvalue weighted by Crippen LogP contribution is -2.18. The predicted molar refractivity (Wildman–Crippen MR) is 65.3 cm³/mol. The third-order valence-electron chi connectivity index (χ3n) is 2.47. The van der Waals surface area contributed by atoms with Crippen LogP contribution in [0.4, 0.5) is 10.2 Å². The fourth-order valence-electron chi connectivity index (χ4n) is 1.61. The van der Waals surface area contributed by atoms with E-state index in [0.717, 1.165) is 5.56 Å². The molecule has 0 spiro atoms. The molecule has 4 nitrogen and oxygen atoms in total. The minimum Gasteiger partial charge on any atom is -0.355 e. The Balaban J connectivity index is 2.17. The first-order chi connectivity index (χ1) is 8.69. The van der Waals surface area contributed by atoms with Gasteiger partial charge in [-0.25, -0.2) is 14.4 Å². The summed E-state index contributed by atoms with van der Waals surface area (Å²) in [7, 11) is 1.83. The quantitative estimate of drug-likeness (QED) is 0.827. The highest BCUT2D eigenvalue weighted by atomic mass is 19.1. The molecule has 0 aliphatic rings. The number of hydrogen-bond donors (Lipinski definition) is 0. The molecule has 0 N–H and O–H groups in total. The van der Waals surface area contributed by atoms with Crippen LogP contribution in [0.15, 0.2) is 36.7 Å². The summed E-state index contributed by atoms with van der Waals surface area (Å²) < 4.78 is 13.1. The minimum atomic E-state index is -0.263. The summed E-state index contributed by atoms with van der Waals surface area (Å²) in [4.78, 5) is 9.71. The summed E-state index contributed by atoms with van der Waals surface area (Å²) in [5, 5.41) is 8.76. The van der Waals surface area contributed by atoms with Crippen LogP contribution in [0, 0.1) is 17.1 Å². The third kappa shape index (κ3) is 2.80. The number of aromatic nitrogens is 2. The molecule has 0 aliphatic heterocycles. The van der Waals surface area contributed by atoms with E-state index in [9.17, 15) is 4.39 Å². The fraction of sp³-hybridized carbons (Fsp3) is 0.154. The Morgan fingerprint density at radius 1 is 1.33 bits per heavy atom. The van der Waals surface area contributed by atoms with Gasteiger partial charge < -0.3 is 4.90 Å². The van der Waals surface area contributed by atoms with Gasteiger partial charge in [-0.1, -0.05) is 12.1 Å². The Kier molecular flexibility index (Phi) is 3.49. The normalized spacial score (nSPS) is 9.83. The van der Waals surface area contributed by atoms with Gasteiger partial charge in [-0.2, -0.15) is 5.26 Å². The first-order valence-electron chi connectivity index (χ1n) is 5.37. The molecule has 1 aromatic carbocycles. The average Bonchev–Trinajstić information content (AvgIpc) is 2.39. The molecule has 2 aromatic rings. The number of anilines is 1. The van der Waals surface area contributed by atoms with Crippen molar-refractivity contribution in [2.75, 3.05) is 11.9 Å². The average molecular weight is 242 g/mol. The summed E-state index contributed by atoms with van der Waals surface area (Å²) >= 11 is 0. The molecule has 0 atom stereocenters. The van der Waals surface area contributed by atoms with Gasteiger partial charge in [0, 0.05) is 19.7 Å². The Labute approximate surface area is 104 Å². The second kappa shape index (κ2) is 5.23. The van der Waals surface area contributed by atoms with Gasteiger partial charge in [-0.3, -0.25) is 0 Å². The Morgan fingerprint density at radius 2 is 2.17 bits per heavy atom. The van der Waals surface area contributed by atoms with Crippen LogP contribution in [0.25, 0.3) is 0 Å². The zero-order chi connectivity index (χ0) is 13.0. The Hall–Kier alpha value is -2.48. The van der Waals surface area contributed by atoms with Crippen molar-refractivity contribution in [1.82, 2.24) is 9.97 Å². The van der Waals surface area contributed by atoms with E-state index in [2.05, 4.69) is 9.97 Å². The summed E-state index contributed by atoms with van der Waals surface area (Å²) in [6, 6.07) is 9.94. The molecule has 0 saturated carbocycles. The second-order valence-corrected chi connectivity index (χ2v) is 3.86. The van der Waals surface area contributed by atoms with Gasteiger partial charge >= 0.3 is 0 Å². The molecule has 1 heterocycles. The molecule has 90 valence electrons. The first-order valence-corrected chi connectivity index (χ1v) is 5.37. The highest BCUT2D eigenvalue weighted by molar-refractivity contribution is 5.41. The smallest absolute Gasteiger partial charge is 0.145 e. The van der Waals surface area contributed by atoms with Crippen LogP contribution < -0.4 is 4.90 Å². The predicted octanol–water partition coefficient (Wildman–Crippen LogP) is 2.12. The number of benzene rings is 1. The molecule has 0 fully saturated rings. The zero-order valence-electron chi connectivity index (χ0n) is 9.84. The van der Waals surface area contributed by atoms with E-state index in [1.807, 2.05) is 24.1 Å². The Bertz CT molecular complexity index is 592. The van der Waals surface area contributed by atoms with Crippen molar-refractivity contribution in [2.45, 2.75) is 6.54 Å². The van der Waals surface area contributed by atoms with E-state index in [0.29, 0.717) is 18.1 Å². The molecule has 0 amide bonds. The SMILES string of the molecule is CN(Cc1cccc(F)c1)c1cc(C#N)ncn1. The summed E-state index contributed by atoms with van der Waals surface area (Å²) in [6.45, 7) is 0.514. The monoisotopic (exact) mass is 242 g/mol. The molecule has 0 unspecified atom stereocenters. The number of nitrogens with zero attached hydrogens (tertiary/aromatic N) is 4. The van der Waals surface area contributed by atoms with Crippen LogP contribution in [0.1, 0.15) is 11.3 Å². The lowest BCUT2D eigenvalue weighted by Gasteiger charge is -2.17. The number of halogens is 1. The fourth-order valence-corrected chi connectivity index (χ4v) is 1.61. The van der Waals surface area contributed by atoms with Crippen LogP contribution in [0.5, 0.6) is 0 Å². The number of nitriles is 1. The maximum Gasteiger partial charge on any atom is 0.145 e. The maximum absolute atomic E-state index is 13.1. The van der Waals surface area contributed by atoms with Crippen molar-refractivity contribution in [3.05, 3.63) is 53.7 Å². The van der Waals surface area contributed by atoms with Crippen molar-refractivity contribution in [2.24, 2.45) is 0 Å². The van der Waals surface area contributed by atoms with Gasteiger partial charge in [0.25, 0.3) is 0 Å². The minimum absolute atomic E-state index is 0.263. The number of hydrogen-bond acceptors (Lipinski definition) is 4. The molecule has 5 heteroatoms. The van der Waals surface area contributed by atoms with Crippen LogP contribution in [0.2, 0.25) is 0 Å². The van der Waals surface area contributed by atoms with Crippen molar-refractivity contribution in [1.29, 1.82) is 5.26 Å². The van der Waals surface area contributed by atoms with Gasteiger partial charge in [0.2, 0.25) is 0 Å². The lowest BCUT2D eigenvalue weighted by molar-refractivity contribution is 0.625. The zero-order valence-corrected chi connectivity index (χ0v) is 9.84. The molecular weight excluding hydrogens is 231 g/mol. The molecule has 0 bridgehead atoms. The van der Waals surface area contributed by atoms with Crippen LogP contribution in [-0.2, 0) is 6.54 Å². The topological polar surface area (TPSA) is 52.8 Å². The van der Waals surface area contributed by atoms with E-state index in [-0.39, 0.29) is 5.82 Å². The second-order valence-electron chi connectivity index (χ2n) is 3.86. The molecule has 1 aromatic heterocycles. The van der Waals surface area contributed by atoms with Crippen molar-refractivity contribution in [3.63, 3.8) is 0 Å². The lowest BCUT2D eigenvalue weighted by atomic mass is 10.2. The van der Waals surface area contributed by atoms with Gasteiger partial charge in [-0.15, -0.1) is 0 Å². The molecule has 0 radical (unpaired) electrons. The van der Waals surface area contributed by atoms with Gasteiger partial charge in [0.05, 0.1) is 0 Å². The van der Waals surface area contributed by atoms with Gasteiger partial charge in [0.15, 0.2) is 0 Å². The van der Waals surface area contributed by atoms with E-state index in [1.165, 1.54) is 18.5 Å². The number of rotatable bonds is 3. The Morgan fingerprint density at radius 3 is 2.89 bits per heavy atom. The molecule has 2 rings (SSSR count). The molecular formula is C13H11FN4. The van der Waals surface area contributed by atoms with E-state index < -0.39 is 0 Å². The van der Waals surface area contributed by atoms with Crippen LogP contribution in [0.3, 0.4) is 0 Å². The largest absolute Gasteiger partial charge is 0.355 e. The summed E-state index contributed by atoms with van der Waals surface area (Å²) in [5.74, 6) is 0.368. The first kappa shape index (κ1) is 12.0. The van der Waals surface area contributed by atoms with Gasteiger partial charge in [-0.05, 0) is 17.7 Å². The molecule has 18 heavy (non-hydrogen) atoms. The van der Waals surface area contributed by atoms with E-state index in [1.54, 1.807) is 12.1 Å². The maximum atomic E-state index is 13.1. The standard InChI is InChI=1S/C13H11FN4/c1-18(8-10-3-2-4-11(14)5-10)13-6-12(7-15)16-9-17-13/h2-6,9H,8H2,1H3. The summed E-state index contributed by atoms with van der Waals surface area (Å²) in [6.07, 6.45) is 1.34. The van der Waals surface area contributed by atoms with Crippen LogP contribution >= 0.6 is 0 Å². The highest BCUT2D eigenvalue weighted by Crippen LogP contribution is 2.13.